The highest BCUT2D eigenvalue weighted by Crippen LogP contribution is 2.46. The molecule has 2 N–H and O–H groups in total. The fourth-order valence-electron chi connectivity index (χ4n) is 4.39. The average Bonchev–Trinajstić information content (AvgIpc) is 2.77. The largest absolute Gasteiger partial charge is 0.493 e. The van der Waals surface area contributed by atoms with Crippen LogP contribution in [0.5, 0.6) is 17.2 Å². The first-order valence-corrected chi connectivity index (χ1v) is 10.4. The molecular formula is C22H28N4O5. The molecule has 0 bridgehead atoms. The lowest BCUT2D eigenvalue weighted by Crippen LogP contribution is -2.37. The Morgan fingerprint density at radius 1 is 1.03 bits per heavy atom. The number of rotatable bonds is 5. The van der Waals surface area contributed by atoms with Crippen molar-refractivity contribution in [2.45, 2.75) is 32.1 Å². The second-order valence-corrected chi connectivity index (χ2v) is 8.05. The van der Waals surface area contributed by atoms with E-state index in [1.165, 1.54) is 21.3 Å². The number of hydrogen-bond donors (Lipinski definition) is 2. The Labute approximate surface area is 180 Å². The topological polar surface area (TPSA) is 106 Å². The Balaban J connectivity index is 1.80. The predicted octanol–water partition coefficient (Wildman–Crippen LogP) is 2.51. The van der Waals surface area contributed by atoms with E-state index in [4.69, 9.17) is 14.2 Å². The van der Waals surface area contributed by atoms with Gasteiger partial charge in [0, 0.05) is 31.0 Å². The fourth-order valence-corrected chi connectivity index (χ4v) is 4.39. The molecule has 2 aromatic rings. The molecule has 1 saturated heterocycles. The maximum Gasteiger partial charge on any atom is 0.258 e. The average molecular weight is 428 g/mol. The van der Waals surface area contributed by atoms with Crippen molar-refractivity contribution in [2.24, 2.45) is 5.92 Å². The van der Waals surface area contributed by atoms with E-state index in [0.717, 1.165) is 25.9 Å². The molecule has 1 aromatic carbocycles. The number of H-pyrrole nitrogens is 1. The Kier molecular flexibility index (Phi) is 5.75. The number of aromatic amines is 1. The summed E-state index contributed by atoms with van der Waals surface area (Å²) in [6, 6.07) is 3.54. The van der Waals surface area contributed by atoms with E-state index in [9.17, 15) is 9.59 Å². The lowest BCUT2D eigenvalue weighted by atomic mass is 9.86. The van der Waals surface area contributed by atoms with Gasteiger partial charge in [0.1, 0.15) is 5.82 Å². The number of methoxy groups -OCH3 is 3. The van der Waals surface area contributed by atoms with Gasteiger partial charge >= 0.3 is 0 Å². The van der Waals surface area contributed by atoms with Crippen molar-refractivity contribution in [1.82, 2.24) is 9.97 Å². The van der Waals surface area contributed by atoms with Crippen molar-refractivity contribution in [3.05, 3.63) is 33.6 Å². The molecule has 0 unspecified atom stereocenters. The van der Waals surface area contributed by atoms with E-state index in [1.54, 1.807) is 12.1 Å². The highest BCUT2D eigenvalue weighted by molar-refractivity contribution is 5.94. The summed E-state index contributed by atoms with van der Waals surface area (Å²) in [5, 5.41) is 2.78. The maximum atomic E-state index is 13.2. The van der Waals surface area contributed by atoms with Crippen molar-refractivity contribution in [2.75, 3.05) is 44.6 Å². The zero-order valence-corrected chi connectivity index (χ0v) is 18.3. The Morgan fingerprint density at radius 2 is 1.74 bits per heavy atom. The van der Waals surface area contributed by atoms with E-state index < -0.39 is 5.92 Å². The van der Waals surface area contributed by atoms with Gasteiger partial charge in [0.25, 0.3) is 5.56 Å². The van der Waals surface area contributed by atoms with Crippen LogP contribution in [0.15, 0.2) is 16.9 Å². The number of anilines is 2. The molecule has 0 spiro atoms. The summed E-state index contributed by atoms with van der Waals surface area (Å²) < 4.78 is 16.4. The summed E-state index contributed by atoms with van der Waals surface area (Å²) in [6.07, 6.45) is 2.18. The standard InChI is InChI=1S/C22H28N4O5/c1-12-7-9-26(10-8-12)22-24-20-17(21(28)25-22)14(11-16(27)23-20)13-5-6-15(29-2)19(31-4)18(13)30-3/h5-6,12,14H,7-11H2,1-4H3,(H2,23,24,25,27,28)/t14-/m0/s1. The second kappa shape index (κ2) is 8.49. The third-order valence-electron chi connectivity index (χ3n) is 6.13. The van der Waals surface area contributed by atoms with Gasteiger partial charge in [-0.25, -0.2) is 0 Å². The highest BCUT2D eigenvalue weighted by Gasteiger charge is 2.35. The molecule has 2 aliphatic heterocycles. The second-order valence-electron chi connectivity index (χ2n) is 8.05. The molecule has 9 nitrogen and oxygen atoms in total. The van der Waals surface area contributed by atoms with Gasteiger partial charge in [-0.3, -0.25) is 14.6 Å². The zero-order valence-electron chi connectivity index (χ0n) is 18.3. The van der Waals surface area contributed by atoms with Gasteiger partial charge in [0.05, 0.1) is 26.9 Å². The molecule has 31 heavy (non-hydrogen) atoms. The smallest absolute Gasteiger partial charge is 0.258 e. The minimum atomic E-state index is -0.523. The number of benzene rings is 1. The summed E-state index contributed by atoms with van der Waals surface area (Å²) in [7, 11) is 4.58. The molecule has 0 aliphatic carbocycles. The molecule has 2 aliphatic rings. The van der Waals surface area contributed by atoms with Crippen LogP contribution < -0.4 is 30.0 Å². The van der Waals surface area contributed by atoms with Gasteiger partial charge < -0.3 is 24.4 Å². The first-order chi connectivity index (χ1) is 15.0. The summed E-state index contributed by atoms with van der Waals surface area (Å²) in [5.41, 5.74) is 0.822. The number of aromatic nitrogens is 2. The van der Waals surface area contributed by atoms with Crippen molar-refractivity contribution in [3.8, 4) is 17.2 Å². The molecule has 1 aromatic heterocycles. The van der Waals surface area contributed by atoms with Crippen LogP contribution in [-0.2, 0) is 4.79 Å². The van der Waals surface area contributed by atoms with Crippen LogP contribution in [0.25, 0.3) is 0 Å². The summed E-state index contributed by atoms with van der Waals surface area (Å²) in [6.45, 7) is 3.87. The molecule has 4 rings (SSSR count). The van der Waals surface area contributed by atoms with E-state index in [-0.39, 0.29) is 17.9 Å². The minimum Gasteiger partial charge on any atom is -0.493 e. The lowest BCUT2D eigenvalue weighted by molar-refractivity contribution is -0.116. The molecule has 1 atom stereocenters. The fraction of sp³-hybridized carbons (Fsp3) is 0.500. The molecule has 1 fully saturated rings. The summed E-state index contributed by atoms with van der Waals surface area (Å²) in [4.78, 5) is 35.4. The van der Waals surface area contributed by atoms with Crippen molar-refractivity contribution < 1.29 is 19.0 Å². The Hall–Kier alpha value is -3.23. The molecule has 3 heterocycles. The number of hydrogen-bond acceptors (Lipinski definition) is 7. The van der Waals surface area contributed by atoms with Gasteiger partial charge in [-0.1, -0.05) is 13.0 Å². The van der Waals surface area contributed by atoms with E-state index in [2.05, 4.69) is 27.1 Å². The molecule has 0 radical (unpaired) electrons. The quantitative estimate of drug-likeness (QED) is 0.754. The third kappa shape index (κ3) is 3.80. The van der Waals surface area contributed by atoms with Crippen LogP contribution in [0.2, 0.25) is 0 Å². The minimum absolute atomic E-state index is 0.101. The number of carbonyl (C=O) groups excluding carboxylic acids is 1. The monoisotopic (exact) mass is 428 g/mol. The van der Waals surface area contributed by atoms with Crippen LogP contribution in [0.4, 0.5) is 11.8 Å². The van der Waals surface area contributed by atoms with E-state index in [1.807, 2.05) is 0 Å². The SMILES string of the molecule is COc1ccc([C@@H]2CC(=O)Nc3nc(N4CCC(C)CC4)[nH]c(=O)c32)c(OC)c1OC. The van der Waals surface area contributed by atoms with Crippen LogP contribution in [0.1, 0.15) is 43.2 Å². The molecule has 9 heteroatoms. The molecule has 0 saturated carbocycles. The van der Waals surface area contributed by atoms with Crippen LogP contribution in [0.3, 0.4) is 0 Å². The van der Waals surface area contributed by atoms with Gasteiger partial charge in [-0.2, -0.15) is 4.98 Å². The molecule has 1 amide bonds. The first-order valence-electron chi connectivity index (χ1n) is 10.4. The summed E-state index contributed by atoms with van der Waals surface area (Å²) >= 11 is 0. The Bertz CT molecular complexity index is 1040. The van der Waals surface area contributed by atoms with Crippen molar-refractivity contribution in [3.63, 3.8) is 0 Å². The zero-order chi connectivity index (χ0) is 22.1. The van der Waals surface area contributed by atoms with Gasteiger partial charge in [-0.05, 0) is 24.8 Å². The van der Waals surface area contributed by atoms with Crippen LogP contribution in [0, 0.1) is 5.92 Å². The number of nitrogens with zero attached hydrogens (tertiary/aromatic N) is 2. The molecular weight excluding hydrogens is 400 g/mol. The number of carbonyl (C=O) groups is 1. The lowest BCUT2D eigenvalue weighted by Gasteiger charge is -2.32. The van der Waals surface area contributed by atoms with Gasteiger partial charge in [0.15, 0.2) is 11.5 Å². The predicted molar refractivity (Wildman–Crippen MR) is 117 cm³/mol. The number of amides is 1. The normalized spacial score (nSPS) is 18.9. The van der Waals surface area contributed by atoms with E-state index in [0.29, 0.717) is 46.1 Å². The third-order valence-corrected chi connectivity index (χ3v) is 6.13. The van der Waals surface area contributed by atoms with Crippen LogP contribution in [-0.4, -0.2) is 50.3 Å². The van der Waals surface area contributed by atoms with Gasteiger partial charge in [-0.15, -0.1) is 0 Å². The number of piperidine rings is 1. The maximum absolute atomic E-state index is 13.2. The summed E-state index contributed by atoms with van der Waals surface area (Å²) in [5.74, 6) is 2.08. The van der Waals surface area contributed by atoms with Gasteiger partial charge in [0.2, 0.25) is 17.6 Å². The number of ether oxygens (including phenoxy) is 3. The molecule has 166 valence electrons. The van der Waals surface area contributed by atoms with E-state index >= 15 is 0 Å². The number of nitrogens with one attached hydrogen (secondary N) is 2. The highest BCUT2D eigenvalue weighted by atomic mass is 16.5. The first kappa shape index (κ1) is 21.0. The van der Waals surface area contributed by atoms with Crippen molar-refractivity contribution >= 4 is 17.7 Å². The Morgan fingerprint density at radius 3 is 2.39 bits per heavy atom. The van der Waals surface area contributed by atoms with Crippen molar-refractivity contribution in [1.29, 1.82) is 0 Å². The number of fused-ring (bicyclic) bond motifs is 1. The van der Waals surface area contributed by atoms with Crippen LogP contribution >= 0.6 is 0 Å².